The maximum absolute atomic E-state index is 5.45. The Morgan fingerprint density at radius 1 is 1.19 bits per heavy atom. The van der Waals surface area contributed by atoms with Gasteiger partial charge in [-0.3, -0.25) is 6.08 Å². The summed E-state index contributed by atoms with van der Waals surface area (Å²) in [6, 6.07) is 14.7. The van der Waals surface area contributed by atoms with Gasteiger partial charge in [-0.25, -0.2) is 12.2 Å². The molecular weight excluding hydrogens is 487 g/mol. The third-order valence-corrected chi connectivity index (χ3v) is 3.88. The summed E-state index contributed by atoms with van der Waals surface area (Å²) in [4.78, 5) is 0. The molecule has 1 aliphatic carbocycles. The summed E-state index contributed by atoms with van der Waals surface area (Å²) in [5.74, 6) is 0. The third-order valence-electron chi connectivity index (χ3n) is 2.81. The fourth-order valence-corrected chi connectivity index (χ4v) is 2.55. The maximum atomic E-state index is 5.45. The monoisotopic (exact) mass is 516 g/mol. The van der Waals surface area contributed by atoms with E-state index in [-0.39, 0.29) is 32.2 Å². The van der Waals surface area contributed by atoms with Gasteiger partial charge in [-0.05, 0) is 19.6 Å². The quantitative estimate of drug-likeness (QED) is 0.319. The van der Waals surface area contributed by atoms with Crippen LogP contribution in [0.25, 0.3) is 10.8 Å². The summed E-state index contributed by atoms with van der Waals surface area (Å²) < 4.78 is 5.45. The van der Waals surface area contributed by atoms with Crippen molar-refractivity contribution >= 4 is 50.8 Å². The van der Waals surface area contributed by atoms with Gasteiger partial charge in [0, 0.05) is 6.61 Å². The van der Waals surface area contributed by atoms with Crippen LogP contribution in [0, 0.1) is 20.4 Å². The van der Waals surface area contributed by atoms with Crippen molar-refractivity contribution in [2.24, 2.45) is 0 Å². The molecule has 2 aromatic carbocycles. The van der Waals surface area contributed by atoms with E-state index in [4.69, 9.17) is 4.43 Å². The van der Waals surface area contributed by atoms with Crippen LogP contribution in [-0.2, 0) is 27.8 Å². The van der Waals surface area contributed by atoms with Gasteiger partial charge in [-0.15, -0.1) is 60.9 Å². The van der Waals surface area contributed by atoms with Crippen LogP contribution in [-0.4, -0.2) is 21.8 Å². The van der Waals surface area contributed by atoms with Crippen LogP contribution in [0.3, 0.4) is 0 Å². The van der Waals surface area contributed by atoms with Gasteiger partial charge in [0.1, 0.15) is 0 Å². The van der Waals surface area contributed by atoms with Crippen LogP contribution < -0.4 is 0 Å². The molecule has 27 heavy (non-hydrogen) atoms. The first kappa shape index (κ1) is 34.7. The summed E-state index contributed by atoms with van der Waals surface area (Å²) >= 11 is 1.36. The van der Waals surface area contributed by atoms with E-state index in [1.54, 1.807) is 0 Å². The van der Waals surface area contributed by atoms with Crippen molar-refractivity contribution < 1.29 is 27.8 Å². The average Bonchev–Trinajstić information content (AvgIpc) is 3.28. The number of hydrogen-bond acceptors (Lipinski definition) is 1. The standard InChI is InChI=1S/C9H7.C6H15OSi.C5H5.CH3.2ClH.Si.Zr/c1-2-5-9-7-3-6-8(9)4-1;1-5-6-7-8(2,3)4;1-2-4-5-3-1;;;;;/h1-7H;1,5-6H2,2-4H3;1-3H,4H2;1H3;2*1H;;/q4*-1;;;;. The van der Waals surface area contributed by atoms with Gasteiger partial charge in [-0.1, -0.05) is 6.07 Å². The molecule has 6 heteroatoms. The molecule has 152 valence electrons. The normalized spacial score (nSPS) is 10.3. The fraction of sp³-hybridized carbons (Fsp3) is 0.286. The minimum atomic E-state index is -1.22. The van der Waals surface area contributed by atoms with Gasteiger partial charge in [0.15, 0.2) is 8.32 Å². The van der Waals surface area contributed by atoms with Crippen LogP contribution in [0.2, 0.25) is 19.6 Å². The molecule has 0 fully saturated rings. The zero-order valence-electron chi connectivity index (χ0n) is 16.8. The molecule has 0 bridgehead atoms. The molecule has 3 rings (SSSR count). The average molecular weight is 519 g/mol. The minimum absolute atomic E-state index is 0. The van der Waals surface area contributed by atoms with Gasteiger partial charge in [0.25, 0.3) is 0 Å². The Bertz CT molecular complexity index is 567. The van der Waals surface area contributed by atoms with Gasteiger partial charge in [-0.2, -0.15) is 30.0 Å². The van der Waals surface area contributed by atoms with Crippen molar-refractivity contribution in [2.45, 2.75) is 32.5 Å². The molecule has 0 atom stereocenters. The molecular formula is C21H32Cl2OSi2Zr-4. The topological polar surface area (TPSA) is 9.23 Å². The van der Waals surface area contributed by atoms with E-state index in [0.29, 0.717) is 0 Å². The van der Waals surface area contributed by atoms with Gasteiger partial charge in [0.2, 0.25) is 0 Å². The molecule has 0 saturated carbocycles. The number of allylic oxidation sites excluding steroid dienone is 4. The van der Waals surface area contributed by atoms with Crippen molar-refractivity contribution in [3.05, 3.63) is 81.1 Å². The number of rotatable bonds is 3. The summed E-state index contributed by atoms with van der Waals surface area (Å²) in [7, 11) is -1.22. The predicted molar refractivity (Wildman–Crippen MR) is 127 cm³/mol. The van der Waals surface area contributed by atoms with E-state index in [1.807, 2.05) is 12.2 Å². The molecule has 2 aromatic rings. The van der Waals surface area contributed by atoms with E-state index < -0.39 is 8.32 Å². The first-order valence-electron chi connectivity index (χ1n) is 8.03. The van der Waals surface area contributed by atoms with Crippen molar-refractivity contribution in [3.63, 3.8) is 0 Å². The van der Waals surface area contributed by atoms with Crippen LogP contribution in [0.4, 0.5) is 0 Å². The molecule has 0 unspecified atom stereocenters. The van der Waals surface area contributed by atoms with Crippen LogP contribution in [0.5, 0.6) is 0 Å². The van der Waals surface area contributed by atoms with Gasteiger partial charge in [0.05, 0.1) is 0 Å². The Labute approximate surface area is 197 Å². The third kappa shape index (κ3) is 20.7. The number of benzene rings is 1. The Kier molecular flexibility index (Phi) is 28.8. The van der Waals surface area contributed by atoms with E-state index in [0.717, 1.165) is 19.4 Å². The van der Waals surface area contributed by atoms with E-state index in [2.05, 4.69) is 88.1 Å². The molecule has 1 nitrogen and oxygen atoms in total. The largest absolute Gasteiger partial charge is 0.168 e. The van der Waals surface area contributed by atoms with Crippen molar-refractivity contribution in [1.82, 2.24) is 0 Å². The van der Waals surface area contributed by atoms with Gasteiger partial charge < -0.3 is 18.8 Å². The molecule has 0 heterocycles. The molecule has 0 aromatic heterocycles. The molecule has 0 amide bonds. The van der Waals surface area contributed by atoms with Gasteiger partial charge >= 0.3 is 30.2 Å². The van der Waals surface area contributed by atoms with Crippen LogP contribution in [0.1, 0.15) is 12.8 Å². The summed E-state index contributed by atoms with van der Waals surface area (Å²) in [6.07, 6.45) is 10.9. The summed E-state index contributed by atoms with van der Waals surface area (Å²) in [5.41, 5.74) is 0. The Balaban J connectivity index is -0.000000137. The molecule has 0 aliphatic heterocycles. The van der Waals surface area contributed by atoms with Crippen molar-refractivity contribution in [2.75, 3.05) is 6.61 Å². The molecule has 1 aliphatic rings. The molecule has 2 radical (unpaired) electrons. The van der Waals surface area contributed by atoms with Crippen LogP contribution in [0.15, 0.2) is 60.7 Å². The van der Waals surface area contributed by atoms with Crippen molar-refractivity contribution in [1.29, 1.82) is 0 Å². The second-order valence-corrected chi connectivity index (χ2v) is 10.5. The van der Waals surface area contributed by atoms with E-state index in [1.165, 1.54) is 34.1 Å². The second-order valence-electron chi connectivity index (χ2n) is 5.97. The summed E-state index contributed by atoms with van der Waals surface area (Å²) in [6.45, 7) is 14.1. The summed E-state index contributed by atoms with van der Waals surface area (Å²) in [5, 5.41) is 2.66. The Morgan fingerprint density at radius 2 is 1.81 bits per heavy atom. The zero-order chi connectivity index (χ0) is 18.3. The molecule has 0 N–H and O–H groups in total. The maximum Gasteiger partial charge on any atom is -0.0809 e. The Hall–Kier alpha value is 0.167. The van der Waals surface area contributed by atoms with Crippen molar-refractivity contribution in [3.8, 4) is 0 Å². The Morgan fingerprint density at radius 3 is 2.19 bits per heavy atom. The second kappa shape index (κ2) is 22.5. The SMILES string of the molecule is Cl.Cl.[C-]1=CC=CC1.[CH2-]CCO[Si](C)(C)C.[CH3-].[Si]=[Zr].c1ccc2[cH-]ccc2c1. The fourth-order valence-electron chi connectivity index (χ4n) is 1.79. The van der Waals surface area contributed by atoms with Crippen LogP contribution >= 0.6 is 24.8 Å². The number of hydrogen-bond donors (Lipinski definition) is 0. The predicted octanol–water partition coefficient (Wildman–Crippen LogP) is 6.84. The first-order valence-corrected chi connectivity index (χ1v) is 15.6. The minimum Gasteiger partial charge on any atom is -0.168 e. The molecule has 0 saturated heterocycles. The number of halogens is 2. The number of fused-ring (bicyclic) bond motifs is 1. The van der Waals surface area contributed by atoms with E-state index in [9.17, 15) is 0 Å². The van der Waals surface area contributed by atoms with E-state index >= 15 is 0 Å². The zero-order valence-corrected chi connectivity index (χ0v) is 22.9. The first-order chi connectivity index (χ1) is 11.5. The molecule has 0 spiro atoms. The smallest absolute Gasteiger partial charge is 0.0809 e.